The van der Waals surface area contributed by atoms with E-state index in [0.717, 1.165) is 5.56 Å². The highest BCUT2D eigenvalue weighted by Crippen LogP contribution is 2.19. The molecule has 1 aromatic rings. The maximum absolute atomic E-state index is 13.0. The number of amides is 3. The molecule has 3 amide bonds. The van der Waals surface area contributed by atoms with E-state index in [9.17, 15) is 19.2 Å². The number of carbonyl (C=O) groups excluding carboxylic acids is 3. The van der Waals surface area contributed by atoms with Crippen molar-refractivity contribution in [2.45, 2.75) is 56.8 Å². The minimum absolute atomic E-state index is 0.295. The van der Waals surface area contributed by atoms with Crippen LogP contribution in [0.1, 0.15) is 31.7 Å². The number of carboxylic acids is 1. The number of nitrogens with one attached hydrogen (secondary N) is 2. The summed E-state index contributed by atoms with van der Waals surface area (Å²) in [5, 5.41) is 14.2. The molecule has 1 aliphatic heterocycles. The van der Waals surface area contributed by atoms with E-state index in [1.165, 1.54) is 23.6 Å². The topological polar surface area (TPSA) is 142 Å². The Labute approximate surface area is 192 Å². The van der Waals surface area contributed by atoms with Crippen molar-refractivity contribution in [1.29, 1.82) is 0 Å². The first-order valence-corrected chi connectivity index (χ1v) is 12.1. The van der Waals surface area contributed by atoms with Crippen LogP contribution in [0.5, 0.6) is 0 Å². The second-order valence-electron chi connectivity index (χ2n) is 7.90. The van der Waals surface area contributed by atoms with Gasteiger partial charge in [0.1, 0.15) is 18.1 Å². The van der Waals surface area contributed by atoms with Crippen molar-refractivity contribution in [2.24, 2.45) is 5.73 Å². The van der Waals surface area contributed by atoms with Gasteiger partial charge < -0.3 is 26.4 Å². The molecule has 1 saturated heterocycles. The summed E-state index contributed by atoms with van der Waals surface area (Å²) < 4.78 is 0. The number of nitrogens with two attached hydrogens (primary N) is 1. The van der Waals surface area contributed by atoms with E-state index in [0.29, 0.717) is 38.0 Å². The smallest absolute Gasteiger partial charge is 0.325 e. The van der Waals surface area contributed by atoms with E-state index in [-0.39, 0.29) is 5.91 Å². The summed E-state index contributed by atoms with van der Waals surface area (Å²) in [7, 11) is 0. The van der Waals surface area contributed by atoms with Gasteiger partial charge in [-0.1, -0.05) is 30.3 Å². The molecule has 1 aromatic carbocycles. The maximum atomic E-state index is 13.0. The Balaban J connectivity index is 2.03. The standard InChI is InChI=1S/C22H32N4O5S/c1-14(22(30)31)24-19(27)17(10-12-32-2)25-20(28)18-9-6-11-26(18)21(29)16(23)13-15-7-4-3-5-8-15/h3-5,7-8,14,16-18H,6,9-13,23H2,1-2H3,(H,24,27)(H,25,28)(H,30,31). The SMILES string of the molecule is CSCCC(NC(=O)C1CCCN1C(=O)C(N)Cc1ccccc1)C(=O)NC(C)C(=O)O. The second kappa shape index (κ2) is 12.4. The fraction of sp³-hybridized carbons (Fsp3) is 0.545. The number of carbonyl (C=O) groups is 4. The van der Waals surface area contributed by atoms with Gasteiger partial charge in [0.25, 0.3) is 0 Å². The van der Waals surface area contributed by atoms with E-state index >= 15 is 0 Å². The quantitative estimate of drug-likeness (QED) is 0.371. The van der Waals surface area contributed by atoms with Crippen LogP contribution in [0, 0.1) is 0 Å². The van der Waals surface area contributed by atoms with Gasteiger partial charge in [0.15, 0.2) is 0 Å². The van der Waals surface area contributed by atoms with Crippen LogP contribution in [0.3, 0.4) is 0 Å². The van der Waals surface area contributed by atoms with E-state index < -0.39 is 42.0 Å². The van der Waals surface area contributed by atoms with Crippen LogP contribution in [0.2, 0.25) is 0 Å². The normalized spacial score (nSPS) is 18.5. The highest BCUT2D eigenvalue weighted by molar-refractivity contribution is 7.98. The Morgan fingerprint density at radius 3 is 2.53 bits per heavy atom. The molecule has 1 fully saturated rings. The van der Waals surface area contributed by atoms with Gasteiger partial charge in [0, 0.05) is 6.54 Å². The first-order chi connectivity index (χ1) is 15.2. The molecule has 5 N–H and O–H groups in total. The predicted molar refractivity (Wildman–Crippen MR) is 123 cm³/mol. The van der Waals surface area contributed by atoms with E-state index in [1.807, 2.05) is 36.6 Å². The lowest BCUT2D eigenvalue weighted by atomic mass is 10.0. The summed E-state index contributed by atoms with van der Waals surface area (Å²) in [5.41, 5.74) is 7.08. The van der Waals surface area contributed by atoms with Crippen LogP contribution in [-0.2, 0) is 25.6 Å². The third kappa shape index (κ3) is 7.23. The van der Waals surface area contributed by atoms with Gasteiger partial charge >= 0.3 is 5.97 Å². The molecule has 4 atom stereocenters. The molecule has 4 unspecified atom stereocenters. The van der Waals surface area contributed by atoms with E-state index in [2.05, 4.69) is 10.6 Å². The van der Waals surface area contributed by atoms with Crippen LogP contribution in [0.4, 0.5) is 0 Å². The largest absolute Gasteiger partial charge is 0.480 e. The zero-order valence-corrected chi connectivity index (χ0v) is 19.3. The Bertz CT molecular complexity index is 807. The number of aliphatic carboxylic acids is 1. The zero-order valence-electron chi connectivity index (χ0n) is 18.5. The monoisotopic (exact) mass is 464 g/mol. The highest BCUT2D eigenvalue weighted by Gasteiger charge is 2.37. The van der Waals surface area contributed by atoms with Gasteiger partial charge in [-0.2, -0.15) is 11.8 Å². The number of carboxylic acid groups (broad SMARTS) is 1. The van der Waals surface area contributed by atoms with Crippen molar-refractivity contribution >= 4 is 35.5 Å². The van der Waals surface area contributed by atoms with Gasteiger partial charge in [0.2, 0.25) is 17.7 Å². The lowest BCUT2D eigenvalue weighted by molar-refractivity contribution is -0.142. The summed E-state index contributed by atoms with van der Waals surface area (Å²) >= 11 is 1.51. The minimum Gasteiger partial charge on any atom is -0.480 e. The van der Waals surface area contributed by atoms with Gasteiger partial charge in [-0.3, -0.25) is 19.2 Å². The molecule has 0 aliphatic carbocycles. The van der Waals surface area contributed by atoms with Crippen molar-refractivity contribution in [3.05, 3.63) is 35.9 Å². The Morgan fingerprint density at radius 2 is 1.91 bits per heavy atom. The number of hydrogen-bond acceptors (Lipinski definition) is 6. The fourth-order valence-electron chi connectivity index (χ4n) is 3.62. The summed E-state index contributed by atoms with van der Waals surface area (Å²) in [6.45, 7) is 1.79. The summed E-state index contributed by atoms with van der Waals surface area (Å²) in [4.78, 5) is 51.0. The third-order valence-corrected chi connectivity index (χ3v) is 6.07. The molecule has 0 aromatic heterocycles. The molecule has 1 heterocycles. The molecule has 0 radical (unpaired) electrons. The van der Waals surface area contributed by atoms with Crippen LogP contribution < -0.4 is 16.4 Å². The van der Waals surface area contributed by atoms with Gasteiger partial charge in [-0.05, 0) is 50.2 Å². The first kappa shape index (κ1) is 25.7. The average molecular weight is 465 g/mol. The van der Waals surface area contributed by atoms with Crippen molar-refractivity contribution < 1.29 is 24.3 Å². The number of nitrogens with zero attached hydrogens (tertiary/aromatic N) is 1. The van der Waals surface area contributed by atoms with E-state index in [4.69, 9.17) is 10.8 Å². The number of thioether (sulfide) groups is 1. The van der Waals surface area contributed by atoms with Crippen molar-refractivity contribution in [2.75, 3.05) is 18.6 Å². The molecule has 1 aliphatic rings. The minimum atomic E-state index is -1.16. The predicted octanol–water partition coefficient (Wildman–Crippen LogP) is 0.375. The van der Waals surface area contributed by atoms with Gasteiger partial charge in [-0.15, -0.1) is 0 Å². The Kier molecular flexibility index (Phi) is 9.98. The van der Waals surface area contributed by atoms with Crippen LogP contribution >= 0.6 is 11.8 Å². The van der Waals surface area contributed by atoms with Crippen LogP contribution in [0.25, 0.3) is 0 Å². The zero-order chi connectivity index (χ0) is 23.7. The summed E-state index contributed by atoms with van der Waals surface area (Å²) in [6, 6.07) is 6.02. The number of benzene rings is 1. The number of hydrogen-bond donors (Lipinski definition) is 4. The summed E-state index contributed by atoms with van der Waals surface area (Å²) in [6.07, 6.45) is 3.75. The van der Waals surface area contributed by atoms with Crippen molar-refractivity contribution in [3.63, 3.8) is 0 Å². The highest BCUT2D eigenvalue weighted by atomic mass is 32.2. The average Bonchev–Trinajstić information content (AvgIpc) is 3.26. The lowest BCUT2D eigenvalue weighted by Crippen LogP contribution is -2.56. The summed E-state index contributed by atoms with van der Waals surface area (Å²) in [5.74, 6) is -1.83. The molecule has 2 rings (SSSR count). The molecule has 0 bridgehead atoms. The Hall–Kier alpha value is -2.59. The fourth-order valence-corrected chi connectivity index (χ4v) is 4.09. The maximum Gasteiger partial charge on any atom is 0.325 e. The van der Waals surface area contributed by atoms with Crippen molar-refractivity contribution in [1.82, 2.24) is 15.5 Å². The molecular formula is C22H32N4O5S. The Morgan fingerprint density at radius 1 is 1.22 bits per heavy atom. The molecule has 32 heavy (non-hydrogen) atoms. The third-order valence-electron chi connectivity index (χ3n) is 5.43. The van der Waals surface area contributed by atoms with Crippen molar-refractivity contribution in [3.8, 4) is 0 Å². The lowest BCUT2D eigenvalue weighted by Gasteiger charge is -2.28. The van der Waals surface area contributed by atoms with Gasteiger partial charge in [0.05, 0.1) is 6.04 Å². The molecule has 0 spiro atoms. The molecule has 10 heteroatoms. The first-order valence-electron chi connectivity index (χ1n) is 10.7. The van der Waals surface area contributed by atoms with Crippen LogP contribution in [0.15, 0.2) is 30.3 Å². The number of likely N-dealkylation sites (tertiary alicyclic amines) is 1. The molecule has 0 saturated carbocycles. The second-order valence-corrected chi connectivity index (χ2v) is 8.88. The molecule has 9 nitrogen and oxygen atoms in total. The van der Waals surface area contributed by atoms with Crippen LogP contribution in [-0.4, -0.2) is 76.4 Å². The van der Waals surface area contributed by atoms with E-state index in [1.54, 1.807) is 0 Å². The molecular weight excluding hydrogens is 432 g/mol. The molecule has 176 valence electrons. The van der Waals surface area contributed by atoms with Gasteiger partial charge in [-0.25, -0.2) is 0 Å². The number of rotatable bonds is 11.